The van der Waals surface area contributed by atoms with Gasteiger partial charge in [0.05, 0.1) is 18.8 Å². The van der Waals surface area contributed by atoms with E-state index in [2.05, 4.69) is 36.6 Å². The summed E-state index contributed by atoms with van der Waals surface area (Å²) in [6, 6.07) is 11.4. The summed E-state index contributed by atoms with van der Waals surface area (Å²) in [5, 5.41) is 15.7. The van der Waals surface area contributed by atoms with Crippen LogP contribution in [-0.2, 0) is 5.41 Å². The molecule has 5 heteroatoms. The highest BCUT2D eigenvalue weighted by molar-refractivity contribution is 5.74. The molecule has 1 aromatic carbocycles. The summed E-state index contributed by atoms with van der Waals surface area (Å²) in [7, 11) is 0. The highest BCUT2D eigenvalue weighted by atomic mass is 16.4. The topological polar surface area (TPSA) is 74.5 Å². The van der Waals surface area contributed by atoms with Crippen LogP contribution in [0, 0.1) is 0 Å². The highest BCUT2D eigenvalue weighted by Crippen LogP contribution is 2.41. The molecule has 2 amide bonds. The van der Waals surface area contributed by atoms with Crippen molar-refractivity contribution in [3.05, 3.63) is 59.5 Å². The molecule has 1 aromatic heterocycles. The summed E-state index contributed by atoms with van der Waals surface area (Å²) in [5.41, 5.74) is 2.59. The Hall–Kier alpha value is -2.27. The van der Waals surface area contributed by atoms with Gasteiger partial charge in [-0.05, 0) is 41.5 Å². The van der Waals surface area contributed by atoms with Gasteiger partial charge in [-0.25, -0.2) is 4.79 Å². The van der Waals surface area contributed by atoms with Gasteiger partial charge in [-0.3, -0.25) is 0 Å². The van der Waals surface area contributed by atoms with E-state index < -0.39 is 6.10 Å². The fraction of sp³-hybridized carbons (Fsp3) is 0.421. The van der Waals surface area contributed by atoms with Crippen molar-refractivity contribution in [2.75, 3.05) is 6.54 Å². The quantitative estimate of drug-likeness (QED) is 0.805. The van der Waals surface area contributed by atoms with Gasteiger partial charge in [-0.2, -0.15) is 0 Å². The molecule has 0 radical (unpaired) electrons. The minimum Gasteiger partial charge on any atom is -0.467 e. The van der Waals surface area contributed by atoms with Crippen molar-refractivity contribution in [2.45, 2.75) is 44.2 Å². The molecule has 0 saturated heterocycles. The number of carbonyl (C=O) groups is 1. The molecule has 0 saturated carbocycles. The van der Waals surface area contributed by atoms with Crippen LogP contribution >= 0.6 is 0 Å². The van der Waals surface area contributed by atoms with Gasteiger partial charge in [0.2, 0.25) is 0 Å². The maximum atomic E-state index is 12.2. The zero-order valence-electron chi connectivity index (χ0n) is 14.1. The van der Waals surface area contributed by atoms with Crippen molar-refractivity contribution in [3.8, 4) is 0 Å². The van der Waals surface area contributed by atoms with Crippen LogP contribution in [0.3, 0.4) is 0 Å². The molecule has 2 aromatic rings. The molecule has 3 rings (SSSR count). The van der Waals surface area contributed by atoms with Crippen LogP contribution in [0.1, 0.15) is 55.7 Å². The Morgan fingerprint density at radius 1 is 1.33 bits per heavy atom. The van der Waals surface area contributed by atoms with Crippen LogP contribution < -0.4 is 10.6 Å². The average Bonchev–Trinajstić information content (AvgIpc) is 3.10. The molecule has 24 heavy (non-hydrogen) atoms. The third-order valence-electron chi connectivity index (χ3n) is 4.76. The number of fused-ring (bicyclic) bond motifs is 1. The number of benzene rings is 1. The number of urea groups is 1. The van der Waals surface area contributed by atoms with Crippen LogP contribution in [0.15, 0.2) is 47.1 Å². The smallest absolute Gasteiger partial charge is 0.315 e. The second-order valence-electron chi connectivity index (χ2n) is 6.95. The second-order valence-corrected chi connectivity index (χ2v) is 6.95. The Balaban J connectivity index is 1.61. The summed E-state index contributed by atoms with van der Waals surface area (Å²) in [4.78, 5) is 12.2. The van der Waals surface area contributed by atoms with Crippen LogP contribution in [-0.4, -0.2) is 17.7 Å². The summed E-state index contributed by atoms with van der Waals surface area (Å²) < 4.78 is 5.13. The van der Waals surface area contributed by atoms with E-state index in [-0.39, 0.29) is 24.0 Å². The number of hydrogen-bond donors (Lipinski definition) is 3. The van der Waals surface area contributed by atoms with Crippen LogP contribution in [0.25, 0.3) is 0 Å². The minimum absolute atomic E-state index is 0.00465. The van der Waals surface area contributed by atoms with Gasteiger partial charge in [0.25, 0.3) is 0 Å². The van der Waals surface area contributed by atoms with Crippen molar-refractivity contribution < 1.29 is 14.3 Å². The monoisotopic (exact) mass is 328 g/mol. The SMILES string of the molecule is CC1(C)CCC(NC(=O)NCC(O)c2ccco2)c2ccccc21. The number of carbonyl (C=O) groups excluding carboxylic acids is 1. The fourth-order valence-electron chi connectivity index (χ4n) is 3.34. The Labute approximate surface area is 142 Å². The average molecular weight is 328 g/mol. The van der Waals surface area contributed by atoms with E-state index in [1.54, 1.807) is 12.1 Å². The third kappa shape index (κ3) is 3.46. The van der Waals surface area contributed by atoms with E-state index in [1.165, 1.54) is 17.4 Å². The molecule has 1 aliphatic rings. The minimum atomic E-state index is -0.844. The number of nitrogens with one attached hydrogen (secondary N) is 2. The van der Waals surface area contributed by atoms with Crippen molar-refractivity contribution >= 4 is 6.03 Å². The zero-order chi connectivity index (χ0) is 17.2. The summed E-state index contributed by atoms with van der Waals surface area (Å²) >= 11 is 0. The van der Waals surface area contributed by atoms with E-state index in [0.717, 1.165) is 12.8 Å². The van der Waals surface area contributed by atoms with Gasteiger partial charge < -0.3 is 20.2 Å². The van der Waals surface area contributed by atoms with Gasteiger partial charge in [-0.1, -0.05) is 38.1 Å². The van der Waals surface area contributed by atoms with Crippen LogP contribution in [0.4, 0.5) is 4.79 Å². The number of amides is 2. The molecule has 1 heterocycles. The molecule has 1 aliphatic carbocycles. The summed E-state index contributed by atoms with van der Waals surface area (Å²) in [6.07, 6.45) is 2.57. The molecule has 5 nitrogen and oxygen atoms in total. The van der Waals surface area contributed by atoms with E-state index in [4.69, 9.17) is 4.42 Å². The Kier molecular flexibility index (Phi) is 4.62. The third-order valence-corrected chi connectivity index (χ3v) is 4.76. The molecule has 128 valence electrons. The lowest BCUT2D eigenvalue weighted by atomic mass is 9.71. The highest BCUT2D eigenvalue weighted by Gasteiger charge is 2.32. The Bertz CT molecular complexity index is 694. The summed E-state index contributed by atoms with van der Waals surface area (Å²) in [5.74, 6) is 0.445. The van der Waals surface area contributed by atoms with Gasteiger partial charge in [0, 0.05) is 0 Å². The molecule has 0 aliphatic heterocycles. The van der Waals surface area contributed by atoms with Crippen molar-refractivity contribution in [3.63, 3.8) is 0 Å². The molecule has 3 N–H and O–H groups in total. The van der Waals surface area contributed by atoms with Crippen molar-refractivity contribution in [2.24, 2.45) is 0 Å². The van der Waals surface area contributed by atoms with E-state index in [0.29, 0.717) is 5.76 Å². The van der Waals surface area contributed by atoms with Crippen LogP contribution in [0.2, 0.25) is 0 Å². The largest absolute Gasteiger partial charge is 0.467 e. The first kappa shape index (κ1) is 16.6. The van der Waals surface area contributed by atoms with E-state index in [9.17, 15) is 9.90 Å². The molecular weight excluding hydrogens is 304 g/mol. The predicted octanol–water partition coefficient (Wildman–Crippen LogP) is 3.42. The van der Waals surface area contributed by atoms with Gasteiger partial charge in [-0.15, -0.1) is 0 Å². The maximum Gasteiger partial charge on any atom is 0.315 e. The van der Waals surface area contributed by atoms with Crippen LogP contribution in [0.5, 0.6) is 0 Å². The van der Waals surface area contributed by atoms with E-state index >= 15 is 0 Å². The lowest BCUT2D eigenvalue weighted by Gasteiger charge is -2.37. The summed E-state index contributed by atoms with van der Waals surface area (Å²) in [6.45, 7) is 4.59. The molecule has 0 spiro atoms. The molecule has 0 bridgehead atoms. The van der Waals surface area contributed by atoms with Crippen molar-refractivity contribution in [1.29, 1.82) is 0 Å². The Morgan fingerprint density at radius 3 is 2.88 bits per heavy atom. The lowest BCUT2D eigenvalue weighted by molar-refractivity contribution is 0.147. The first-order valence-electron chi connectivity index (χ1n) is 8.32. The molecule has 2 atom stereocenters. The van der Waals surface area contributed by atoms with Gasteiger partial charge in [0.15, 0.2) is 0 Å². The number of aliphatic hydroxyl groups excluding tert-OH is 1. The molecule has 0 fully saturated rings. The van der Waals surface area contributed by atoms with Gasteiger partial charge in [0.1, 0.15) is 11.9 Å². The number of furan rings is 1. The lowest BCUT2D eigenvalue weighted by Crippen LogP contribution is -2.42. The normalized spacial score (nSPS) is 20.0. The fourth-order valence-corrected chi connectivity index (χ4v) is 3.34. The van der Waals surface area contributed by atoms with Gasteiger partial charge >= 0.3 is 6.03 Å². The first-order valence-corrected chi connectivity index (χ1v) is 8.32. The standard InChI is InChI=1S/C19H24N2O3/c1-19(2)10-9-15(13-6-3-4-7-14(13)19)21-18(23)20-12-16(22)17-8-5-11-24-17/h3-8,11,15-16,22H,9-10,12H2,1-2H3,(H2,20,21,23). The number of aliphatic hydroxyl groups is 1. The Morgan fingerprint density at radius 2 is 2.12 bits per heavy atom. The van der Waals surface area contributed by atoms with Crippen molar-refractivity contribution in [1.82, 2.24) is 10.6 Å². The number of hydrogen-bond acceptors (Lipinski definition) is 3. The second kappa shape index (κ2) is 6.69. The number of rotatable bonds is 4. The van der Waals surface area contributed by atoms with E-state index in [1.807, 2.05) is 12.1 Å². The molecule has 2 unspecified atom stereocenters. The predicted molar refractivity (Wildman–Crippen MR) is 91.6 cm³/mol. The molecular formula is C19H24N2O3. The maximum absolute atomic E-state index is 12.2. The zero-order valence-corrected chi connectivity index (χ0v) is 14.1. The first-order chi connectivity index (χ1) is 11.5.